The number of carbonyl (C=O) groups excluding carboxylic acids is 1. The van der Waals surface area contributed by atoms with Crippen molar-refractivity contribution >= 4 is 40.5 Å². The van der Waals surface area contributed by atoms with E-state index in [1.807, 2.05) is 30.3 Å². The minimum Gasteiger partial charge on any atom is -0.331 e. The van der Waals surface area contributed by atoms with Gasteiger partial charge in [0.1, 0.15) is 5.15 Å². The number of hydrogen-bond donors (Lipinski definition) is 2. The van der Waals surface area contributed by atoms with Crippen molar-refractivity contribution in [3.05, 3.63) is 59.4 Å². The fourth-order valence-electron chi connectivity index (χ4n) is 1.56. The smallest absolute Gasteiger partial charge is 0.230 e. The van der Waals surface area contributed by atoms with E-state index in [-0.39, 0.29) is 17.4 Å². The molecule has 6 heteroatoms. The Kier molecular flexibility index (Phi) is 5.03. The predicted octanol–water partition coefficient (Wildman–Crippen LogP) is 2.79. The van der Waals surface area contributed by atoms with E-state index in [0.717, 1.165) is 5.56 Å². The molecule has 0 atom stereocenters. The highest BCUT2D eigenvalue weighted by atomic mass is 35.5. The Balaban J connectivity index is 1.85. The molecule has 2 aromatic rings. The van der Waals surface area contributed by atoms with E-state index < -0.39 is 0 Å². The van der Waals surface area contributed by atoms with Gasteiger partial charge in [-0.2, -0.15) is 0 Å². The van der Waals surface area contributed by atoms with Gasteiger partial charge in [0, 0.05) is 0 Å². The minimum atomic E-state index is -0.171. The number of halogens is 1. The van der Waals surface area contributed by atoms with Gasteiger partial charge in [-0.1, -0.05) is 41.9 Å². The molecule has 2 rings (SSSR count). The molecular weight excluding hydrogens is 294 g/mol. The second-order valence-corrected chi connectivity index (χ2v) is 4.83. The first-order valence-electron chi connectivity index (χ1n) is 5.90. The molecule has 0 spiro atoms. The lowest BCUT2D eigenvalue weighted by Crippen LogP contribution is -2.35. The first-order chi connectivity index (χ1) is 9.63. The van der Waals surface area contributed by atoms with Crippen LogP contribution in [0, 0.1) is 0 Å². The minimum absolute atomic E-state index is 0.171. The molecular formula is C14H12ClN3OS. The molecule has 1 aromatic heterocycles. The van der Waals surface area contributed by atoms with Crippen LogP contribution in [0.3, 0.4) is 0 Å². The maximum Gasteiger partial charge on any atom is 0.230 e. The molecule has 0 bridgehead atoms. The van der Waals surface area contributed by atoms with Crippen molar-refractivity contribution in [2.24, 2.45) is 0 Å². The molecule has 2 N–H and O–H groups in total. The molecule has 0 aliphatic carbocycles. The summed E-state index contributed by atoms with van der Waals surface area (Å²) in [5.74, 6) is -0.171. The molecule has 0 aliphatic rings. The zero-order valence-corrected chi connectivity index (χ0v) is 12.0. The van der Waals surface area contributed by atoms with Gasteiger partial charge in [0.25, 0.3) is 0 Å². The molecule has 0 unspecified atom stereocenters. The van der Waals surface area contributed by atoms with Crippen molar-refractivity contribution in [3.8, 4) is 0 Å². The summed E-state index contributed by atoms with van der Waals surface area (Å²) in [5, 5.41) is 6.11. The molecule has 0 saturated heterocycles. The van der Waals surface area contributed by atoms with E-state index in [2.05, 4.69) is 15.6 Å². The average Bonchev–Trinajstić information content (AvgIpc) is 2.42. The topological polar surface area (TPSA) is 54.0 Å². The van der Waals surface area contributed by atoms with Gasteiger partial charge in [-0.3, -0.25) is 4.79 Å². The van der Waals surface area contributed by atoms with Crippen LogP contribution in [0.1, 0.15) is 5.56 Å². The van der Waals surface area contributed by atoms with Gasteiger partial charge < -0.3 is 10.6 Å². The number of aromatic nitrogens is 1. The number of carbonyl (C=O) groups is 1. The summed E-state index contributed by atoms with van der Waals surface area (Å²) in [6, 6.07) is 12.8. The summed E-state index contributed by atoms with van der Waals surface area (Å²) < 4.78 is 0. The average molecular weight is 306 g/mol. The van der Waals surface area contributed by atoms with Gasteiger partial charge in [0.05, 0.1) is 18.3 Å². The van der Waals surface area contributed by atoms with Crippen LogP contribution in [0.5, 0.6) is 0 Å². The standard InChI is InChI=1S/C14H12ClN3OS/c15-12-7-6-11(9-16-12)17-14(20)18-13(19)8-10-4-2-1-3-5-10/h1-7,9H,8H2,(H2,17,18,19,20). The fourth-order valence-corrected chi connectivity index (χ4v) is 1.91. The summed E-state index contributed by atoms with van der Waals surface area (Å²) in [7, 11) is 0. The van der Waals surface area contributed by atoms with Crippen molar-refractivity contribution in [1.29, 1.82) is 0 Å². The number of nitrogens with zero attached hydrogens (tertiary/aromatic N) is 1. The number of pyridine rings is 1. The van der Waals surface area contributed by atoms with Crippen molar-refractivity contribution in [1.82, 2.24) is 10.3 Å². The summed E-state index contributed by atoms with van der Waals surface area (Å²) in [6.45, 7) is 0. The molecule has 0 saturated carbocycles. The number of nitrogens with one attached hydrogen (secondary N) is 2. The first-order valence-corrected chi connectivity index (χ1v) is 6.68. The molecule has 0 radical (unpaired) electrons. The van der Waals surface area contributed by atoms with E-state index >= 15 is 0 Å². The van der Waals surface area contributed by atoms with E-state index in [1.54, 1.807) is 12.1 Å². The molecule has 0 aliphatic heterocycles. The number of amides is 1. The van der Waals surface area contributed by atoms with Gasteiger partial charge in [-0.05, 0) is 29.9 Å². The summed E-state index contributed by atoms with van der Waals surface area (Å²) in [6.07, 6.45) is 1.82. The molecule has 102 valence electrons. The molecule has 20 heavy (non-hydrogen) atoms. The predicted molar refractivity (Wildman–Crippen MR) is 83.8 cm³/mol. The van der Waals surface area contributed by atoms with Crippen LogP contribution in [-0.4, -0.2) is 16.0 Å². The summed E-state index contributed by atoms with van der Waals surface area (Å²) in [5.41, 5.74) is 1.60. The monoisotopic (exact) mass is 305 g/mol. The van der Waals surface area contributed by atoms with Gasteiger partial charge in [-0.25, -0.2) is 4.98 Å². The number of hydrogen-bond acceptors (Lipinski definition) is 3. The molecule has 1 amide bonds. The van der Waals surface area contributed by atoms with Crippen LogP contribution < -0.4 is 10.6 Å². The SMILES string of the molecule is O=C(Cc1ccccc1)NC(=S)Nc1ccc(Cl)nc1. The number of thiocarbonyl (C=S) groups is 1. The Morgan fingerprint density at radius 1 is 1.20 bits per heavy atom. The quantitative estimate of drug-likeness (QED) is 0.676. The van der Waals surface area contributed by atoms with E-state index in [4.69, 9.17) is 23.8 Å². The highest BCUT2D eigenvalue weighted by molar-refractivity contribution is 7.80. The van der Waals surface area contributed by atoms with E-state index in [0.29, 0.717) is 10.8 Å². The molecule has 1 aromatic carbocycles. The van der Waals surface area contributed by atoms with Crippen molar-refractivity contribution in [3.63, 3.8) is 0 Å². The first kappa shape index (κ1) is 14.4. The Labute approximate surface area is 127 Å². The van der Waals surface area contributed by atoms with Gasteiger partial charge in [-0.15, -0.1) is 0 Å². The van der Waals surface area contributed by atoms with Crippen molar-refractivity contribution in [2.45, 2.75) is 6.42 Å². The van der Waals surface area contributed by atoms with Crippen LogP contribution >= 0.6 is 23.8 Å². The maximum absolute atomic E-state index is 11.8. The highest BCUT2D eigenvalue weighted by Crippen LogP contribution is 2.09. The van der Waals surface area contributed by atoms with Crippen LogP contribution in [0.25, 0.3) is 0 Å². The summed E-state index contributed by atoms with van der Waals surface area (Å²) >= 11 is 10.7. The van der Waals surface area contributed by atoms with Crippen LogP contribution in [0.4, 0.5) is 5.69 Å². The van der Waals surface area contributed by atoms with E-state index in [9.17, 15) is 4.79 Å². The lowest BCUT2D eigenvalue weighted by Gasteiger charge is -2.09. The third-order valence-electron chi connectivity index (χ3n) is 2.45. The van der Waals surface area contributed by atoms with Crippen molar-refractivity contribution < 1.29 is 4.79 Å². The molecule has 1 heterocycles. The third kappa shape index (κ3) is 4.60. The maximum atomic E-state index is 11.8. The van der Waals surface area contributed by atoms with Gasteiger partial charge >= 0.3 is 0 Å². The van der Waals surface area contributed by atoms with Gasteiger partial charge in [0.15, 0.2) is 5.11 Å². The Hall–Kier alpha value is -1.98. The molecule has 4 nitrogen and oxygen atoms in total. The normalized spacial score (nSPS) is 9.85. The third-order valence-corrected chi connectivity index (χ3v) is 2.87. The van der Waals surface area contributed by atoms with Gasteiger partial charge in [0.2, 0.25) is 5.91 Å². The van der Waals surface area contributed by atoms with Crippen LogP contribution in [0.15, 0.2) is 48.7 Å². The highest BCUT2D eigenvalue weighted by Gasteiger charge is 2.06. The number of anilines is 1. The number of benzene rings is 1. The second kappa shape index (κ2) is 6.98. The zero-order valence-electron chi connectivity index (χ0n) is 10.5. The fraction of sp³-hybridized carbons (Fsp3) is 0.0714. The van der Waals surface area contributed by atoms with Crippen LogP contribution in [0.2, 0.25) is 5.15 Å². The van der Waals surface area contributed by atoms with Crippen molar-refractivity contribution in [2.75, 3.05) is 5.32 Å². The Morgan fingerprint density at radius 2 is 1.95 bits per heavy atom. The van der Waals surface area contributed by atoms with E-state index in [1.165, 1.54) is 6.20 Å². The zero-order chi connectivity index (χ0) is 14.4. The van der Waals surface area contributed by atoms with Crippen LogP contribution in [-0.2, 0) is 11.2 Å². The second-order valence-electron chi connectivity index (χ2n) is 4.03. The summed E-state index contributed by atoms with van der Waals surface area (Å²) in [4.78, 5) is 15.7. The lowest BCUT2D eigenvalue weighted by molar-refractivity contribution is -0.119. The largest absolute Gasteiger partial charge is 0.331 e. The Bertz CT molecular complexity index is 602. The Morgan fingerprint density at radius 3 is 2.60 bits per heavy atom. The molecule has 0 fully saturated rings. The lowest BCUT2D eigenvalue weighted by atomic mass is 10.1. The number of rotatable bonds is 3.